The van der Waals surface area contributed by atoms with Gasteiger partial charge in [0.05, 0.1) is 7.11 Å². The van der Waals surface area contributed by atoms with Crippen molar-refractivity contribution in [3.05, 3.63) is 28.8 Å². The number of nitrogens with two attached hydrogens (primary N) is 1. The minimum absolute atomic E-state index is 0. The predicted octanol–water partition coefficient (Wildman–Crippen LogP) is 2.94. The maximum Gasteiger partial charge on any atom is 0.124 e. The van der Waals surface area contributed by atoms with Crippen LogP contribution in [-0.4, -0.2) is 31.1 Å². The second-order valence-electron chi connectivity index (χ2n) is 5.78. The fourth-order valence-corrected chi connectivity index (χ4v) is 3.86. The van der Waals surface area contributed by atoms with Crippen LogP contribution in [0.4, 0.5) is 0 Å². The molecule has 1 aromatic rings. The first-order chi connectivity index (χ1) is 9.19. The van der Waals surface area contributed by atoms with Gasteiger partial charge in [0.1, 0.15) is 5.75 Å². The molecule has 1 aliphatic carbocycles. The second-order valence-corrected chi connectivity index (χ2v) is 6.19. The first-order valence-corrected chi connectivity index (χ1v) is 7.36. The normalized spacial score (nSPS) is 29.1. The summed E-state index contributed by atoms with van der Waals surface area (Å²) in [5.41, 5.74) is 7.28. The standard InChI is InChI=1S/C15H21ClN2O.ClH/c1-19-15-4-2-3-13(16)12(15)9-18-7-10-5-6-14(17)11(10)8-18;/h2-4,10-11,14H,5-9,17H2,1H3;1H. The van der Waals surface area contributed by atoms with Crippen molar-refractivity contribution in [2.24, 2.45) is 17.6 Å². The summed E-state index contributed by atoms with van der Waals surface area (Å²) in [5, 5.41) is 0.792. The van der Waals surface area contributed by atoms with Crippen molar-refractivity contribution in [3.8, 4) is 5.75 Å². The van der Waals surface area contributed by atoms with Gasteiger partial charge in [-0.25, -0.2) is 0 Å². The highest BCUT2D eigenvalue weighted by Gasteiger charge is 2.40. The molecule has 1 aromatic carbocycles. The van der Waals surface area contributed by atoms with E-state index in [2.05, 4.69) is 4.90 Å². The maximum atomic E-state index is 6.30. The van der Waals surface area contributed by atoms with E-state index in [1.165, 1.54) is 12.8 Å². The number of ether oxygens (including phenoxy) is 1. The molecular formula is C15H22Cl2N2O. The van der Waals surface area contributed by atoms with Gasteiger partial charge in [0, 0.05) is 36.3 Å². The molecule has 0 amide bonds. The molecule has 1 saturated heterocycles. The van der Waals surface area contributed by atoms with Crippen LogP contribution in [0.25, 0.3) is 0 Å². The van der Waals surface area contributed by atoms with Crippen molar-refractivity contribution in [1.29, 1.82) is 0 Å². The Bertz CT molecular complexity index is 469. The van der Waals surface area contributed by atoms with E-state index in [9.17, 15) is 0 Å². The molecule has 0 radical (unpaired) electrons. The lowest BCUT2D eigenvalue weighted by Gasteiger charge is -2.20. The molecule has 1 heterocycles. The summed E-state index contributed by atoms with van der Waals surface area (Å²) < 4.78 is 5.42. The molecule has 3 rings (SSSR count). The Balaban J connectivity index is 0.00000147. The third-order valence-corrected chi connectivity index (χ3v) is 5.02. The van der Waals surface area contributed by atoms with Crippen LogP contribution in [0.1, 0.15) is 18.4 Å². The first kappa shape index (κ1) is 15.9. The Kier molecular flexibility index (Phi) is 5.19. The Morgan fingerprint density at radius 2 is 2.15 bits per heavy atom. The summed E-state index contributed by atoms with van der Waals surface area (Å²) in [6.07, 6.45) is 2.47. The van der Waals surface area contributed by atoms with Gasteiger partial charge in [-0.15, -0.1) is 12.4 Å². The molecule has 3 nitrogen and oxygen atoms in total. The fourth-order valence-electron chi connectivity index (χ4n) is 3.64. The monoisotopic (exact) mass is 316 g/mol. The minimum Gasteiger partial charge on any atom is -0.496 e. The Morgan fingerprint density at radius 1 is 1.35 bits per heavy atom. The highest BCUT2D eigenvalue weighted by Crippen LogP contribution is 2.38. The van der Waals surface area contributed by atoms with Gasteiger partial charge in [-0.05, 0) is 36.8 Å². The van der Waals surface area contributed by atoms with Crippen molar-refractivity contribution in [2.45, 2.75) is 25.4 Å². The van der Waals surface area contributed by atoms with Gasteiger partial charge >= 0.3 is 0 Å². The summed E-state index contributed by atoms with van der Waals surface area (Å²) in [6.45, 7) is 3.11. The summed E-state index contributed by atoms with van der Waals surface area (Å²) in [5.74, 6) is 2.34. The molecule has 0 aromatic heterocycles. The van der Waals surface area contributed by atoms with E-state index in [4.69, 9.17) is 22.1 Å². The van der Waals surface area contributed by atoms with E-state index in [1.54, 1.807) is 7.11 Å². The van der Waals surface area contributed by atoms with Crippen molar-refractivity contribution in [1.82, 2.24) is 4.90 Å². The third-order valence-electron chi connectivity index (χ3n) is 4.67. The molecular weight excluding hydrogens is 295 g/mol. The topological polar surface area (TPSA) is 38.5 Å². The van der Waals surface area contributed by atoms with Gasteiger partial charge in [0.2, 0.25) is 0 Å². The molecule has 1 saturated carbocycles. The molecule has 2 aliphatic rings. The van der Waals surface area contributed by atoms with Crippen molar-refractivity contribution >= 4 is 24.0 Å². The zero-order valence-electron chi connectivity index (χ0n) is 11.7. The average Bonchev–Trinajstić information content (AvgIpc) is 2.94. The van der Waals surface area contributed by atoms with Gasteiger partial charge in [-0.2, -0.15) is 0 Å². The molecule has 0 spiro atoms. The number of hydrogen-bond acceptors (Lipinski definition) is 3. The molecule has 20 heavy (non-hydrogen) atoms. The Hall–Kier alpha value is -0.480. The lowest BCUT2D eigenvalue weighted by atomic mass is 9.98. The van der Waals surface area contributed by atoms with E-state index in [0.29, 0.717) is 12.0 Å². The zero-order valence-corrected chi connectivity index (χ0v) is 13.3. The predicted molar refractivity (Wildman–Crippen MR) is 84.7 cm³/mol. The van der Waals surface area contributed by atoms with E-state index in [0.717, 1.165) is 41.9 Å². The molecule has 1 aliphatic heterocycles. The fraction of sp³-hybridized carbons (Fsp3) is 0.600. The maximum absolute atomic E-state index is 6.30. The number of halogens is 2. The molecule has 2 N–H and O–H groups in total. The molecule has 3 atom stereocenters. The average molecular weight is 317 g/mol. The minimum atomic E-state index is 0. The Morgan fingerprint density at radius 3 is 2.85 bits per heavy atom. The van der Waals surface area contributed by atoms with E-state index >= 15 is 0 Å². The molecule has 112 valence electrons. The molecule has 0 bridgehead atoms. The van der Waals surface area contributed by atoms with Crippen LogP contribution in [0.2, 0.25) is 5.02 Å². The Labute approximate surface area is 131 Å². The van der Waals surface area contributed by atoms with Crippen LogP contribution in [0.3, 0.4) is 0 Å². The second kappa shape index (κ2) is 6.52. The number of hydrogen-bond donors (Lipinski definition) is 1. The lowest BCUT2D eigenvalue weighted by molar-refractivity contribution is 0.292. The lowest BCUT2D eigenvalue weighted by Crippen LogP contribution is -2.30. The SMILES string of the molecule is COc1cccc(Cl)c1CN1CC2CCC(N)C2C1.Cl. The van der Waals surface area contributed by atoms with Crippen LogP contribution in [0.5, 0.6) is 5.75 Å². The summed E-state index contributed by atoms with van der Waals surface area (Å²) in [7, 11) is 1.70. The number of methoxy groups -OCH3 is 1. The number of nitrogens with zero attached hydrogens (tertiary/aromatic N) is 1. The van der Waals surface area contributed by atoms with Crippen molar-refractivity contribution < 1.29 is 4.74 Å². The van der Waals surface area contributed by atoms with Gasteiger partial charge in [-0.3, -0.25) is 4.90 Å². The van der Waals surface area contributed by atoms with Gasteiger partial charge < -0.3 is 10.5 Å². The van der Waals surface area contributed by atoms with Crippen LogP contribution < -0.4 is 10.5 Å². The van der Waals surface area contributed by atoms with Crippen molar-refractivity contribution in [3.63, 3.8) is 0 Å². The van der Waals surface area contributed by atoms with Crippen LogP contribution >= 0.6 is 24.0 Å². The highest BCUT2D eigenvalue weighted by atomic mass is 35.5. The molecule has 3 unspecified atom stereocenters. The summed E-state index contributed by atoms with van der Waals surface area (Å²) in [4.78, 5) is 2.47. The van der Waals surface area contributed by atoms with E-state index < -0.39 is 0 Å². The number of rotatable bonds is 3. The number of benzene rings is 1. The molecule has 2 fully saturated rings. The van der Waals surface area contributed by atoms with Gasteiger partial charge in [-0.1, -0.05) is 17.7 Å². The van der Waals surface area contributed by atoms with Crippen LogP contribution in [0, 0.1) is 11.8 Å². The number of likely N-dealkylation sites (tertiary alicyclic amines) is 1. The smallest absolute Gasteiger partial charge is 0.124 e. The highest BCUT2D eigenvalue weighted by molar-refractivity contribution is 6.31. The third kappa shape index (κ3) is 2.91. The van der Waals surface area contributed by atoms with E-state index in [1.807, 2.05) is 18.2 Å². The number of fused-ring (bicyclic) bond motifs is 1. The quantitative estimate of drug-likeness (QED) is 0.931. The largest absolute Gasteiger partial charge is 0.496 e. The first-order valence-electron chi connectivity index (χ1n) is 6.98. The molecule has 5 heteroatoms. The summed E-state index contributed by atoms with van der Waals surface area (Å²) >= 11 is 6.30. The van der Waals surface area contributed by atoms with E-state index in [-0.39, 0.29) is 12.4 Å². The van der Waals surface area contributed by atoms with Gasteiger partial charge in [0.25, 0.3) is 0 Å². The van der Waals surface area contributed by atoms with Crippen LogP contribution in [-0.2, 0) is 6.54 Å². The summed E-state index contributed by atoms with van der Waals surface area (Å²) in [6, 6.07) is 6.23. The van der Waals surface area contributed by atoms with Gasteiger partial charge in [0.15, 0.2) is 0 Å². The van der Waals surface area contributed by atoms with Crippen molar-refractivity contribution in [2.75, 3.05) is 20.2 Å². The zero-order chi connectivity index (χ0) is 13.4. The van der Waals surface area contributed by atoms with Crippen LogP contribution in [0.15, 0.2) is 18.2 Å².